The molecule has 1 aliphatic rings. The Balaban J connectivity index is 2.22. The van der Waals surface area contributed by atoms with E-state index in [1.54, 1.807) is 11.9 Å². The van der Waals surface area contributed by atoms with Crippen LogP contribution >= 0.6 is 0 Å². The van der Waals surface area contributed by atoms with E-state index >= 15 is 0 Å². The van der Waals surface area contributed by atoms with Crippen molar-refractivity contribution in [2.45, 2.75) is 38.3 Å². The summed E-state index contributed by atoms with van der Waals surface area (Å²) in [6.45, 7) is 3.02. The van der Waals surface area contributed by atoms with Crippen LogP contribution in [0.15, 0.2) is 0 Å². The van der Waals surface area contributed by atoms with Crippen molar-refractivity contribution in [3.63, 3.8) is 0 Å². The van der Waals surface area contributed by atoms with E-state index in [9.17, 15) is 9.90 Å². The van der Waals surface area contributed by atoms with E-state index in [1.807, 2.05) is 6.92 Å². The van der Waals surface area contributed by atoms with Gasteiger partial charge in [0.15, 0.2) is 0 Å². The molecule has 0 bridgehead atoms. The second-order valence-electron chi connectivity index (χ2n) is 3.89. The standard InChI is InChI=1S/C10H20N2O2/c1-3-12(2)10(14)7-11-8-5-4-6-9(8)13/h8-9,11,13H,3-7H2,1-2H3/t8-,9-/m0/s1. The largest absolute Gasteiger partial charge is 0.392 e. The normalized spacial score (nSPS) is 26.5. The molecule has 1 fully saturated rings. The van der Waals surface area contributed by atoms with Gasteiger partial charge in [-0.1, -0.05) is 0 Å². The van der Waals surface area contributed by atoms with Crippen LogP contribution in [0.1, 0.15) is 26.2 Å². The maximum atomic E-state index is 11.4. The molecule has 0 saturated heterocycles. The second kappa shape index (κ2) is 5.32. The van der Waals surface area contributed by atoms with E-state index in [0.717, 1.165) is 25.8 Å². The Morgan fingerprint density at radius 1 is 1.57 bits per heavy atom. The average molecular weight is 200 g/mol. The first-order valence-corrected chi connectivity index (χ1v) is 5.30. The van der Waals surface area contributed by atoms with Gasteiger partial charge < -0.3 is 15.3 Å². The molecule has 0 aromatic carbocycles. The summed E-state index contributed by atoms with van der Waals surface area (Å²) in [6, 6.07) is 0.115. The molecule has 4 nitrogen and oxygen atoms in total. The number of rotatable bonds is 4. The molecule has 1 aliphatic carbocycles. The molecular weight excluding hydrogens is 180 g/mol. The van der Waals surface area contributed by atoms with Crippen LogP contribution in [0.25, 0.3) is 0 Å². The quantitative estimate of drug-likeness (QED) is 0.670. The number of nitrogens with zero attached hydrogens (tertiary/aromatic N) is 1. The Hall–Kier alpha value is -0.610. The van der Waals surface area contributed by atoms with Crippen molar-refractivity contribution in [3.05, 3.63) is 0 Å². The second-order valence-corrected chi connectivity index (χ2v) is 3.89. The first-order chi connectivity index (χ1) is 6.65. The van der Waals surface area contributed by atoms with Crippen LogP contribution in [-0.2, 0) is 4.79 Å². The molecule has 4 heteroatoms. The van der Waals surface area contributed by atoms with Crippen molar-refractivity contribution < 1.29 is 9.90 Å². The van der Waals surface area contributed by atoms with E-state index < -0.39 is 0 Å². The topological polar surface area (TPSA) is 52.6 Å². The third-order valence-electron chi connectivity index (χ3n) is 2.90. The molecule has 1 saturated carbocycles. The molecule has 2 atom stereocenters. The number of likely N-dealkylation sites (N-methyl/N-ethyl adjacent to an activating group) is 1. The fourth-order valence-corrected chi connectivity index (χ4v) is 1.71. The lowest BCUT2D eigenvalue weighted by Crippen LogP contribution is -2.42. The molecule has 2 N–H and O–H groups in total. The van der Waals surface area contributed by atoms with E-state index in [-0.39, 0.29) is 18.1 Å². The molecule has 1 amide bonds. The number of carbonyl (C=O) groups is 1. The van der Waals surface area contributed by atoms with Crippen molar-refractivity contribution >= 4 is 5.91 Å². The summed E-state index contributed by atoms with van der Waals surface area (Å²) in [6.07, 6.45) is 2.62. The maximum Gasteiger partial charge on any atom is 0.236 e. The van der Waals surface area contributed by atoms with Gasteiger partial charge in [0.1, 0.15) is 0 Å². The molecule has 0 radical (unpaired) electrons. The first-order valence-electron chi connectivity index (χ1n) is 5.30. The zero-order chi connectivity index (χ0) is 10.6. The zero-order valence-electron chi connectivity index (χ0n) is 8.99. The van der Waals surface area contributed by atoms with Crippen molar-refractivity contribution in [1.82, 2.24) is 10.2 Å². The zero-order valence-corrected chi connectivity index (χ0v) is 8.99. The van der Waals surface area contributed by atoms with Crippen LogP contribution in [0.5, 0.6) is 0 Å². The van der Waals surface area contributed by atoms with Gasteiger partial charge in [0.25, 0.3) is 0 Å². The minimum Gasteiger partial charge on any atom is -0.392 e. The molecule has 82 valence electrons. The van der Waals surface area contributed by atoms with Crippen LogP contribution in [0.2, 0.25) is 0 Å². The molecule has 14 heavy (non-hydrogen) atoms. The van der Waals surface area contributed by atoms with E-state index in [2.05, 4.69) is 5.32 Å². The number of amides is 1. The van der Waals surface area contributed by atoms with Gasteiger partial charge in [0.05, 0.1) is 12.6 Å². The minimum atomic E-state index is -0.269. The molecular formula is C10H20N2O2. The third-order valence-corrected chi connectivity index (χ3v) is 2.90. The smallest absolute Gasteiger partial charge is 0.236 e. The SMILES string of the molecule is CCN(C)C(=O)CN[C@H]1CCC[C@@H]1O. The molecule has 0 unspecified atom stereocenters. The van der Waals surface area contributed by atoms with Crippen LogP contribution in [0, 0.1) is 0 Å². The number of aliphatic hydroxyl groups is 1. The first kappa shape index (κ1) is 11.5. The summed E-state index contributed by atoms with van der Waals surface area (Å²) in [4.78, 5) is 13.1. The van der Waals surface area contributed by atoms with E-state index in [1.165, 1.54) is 0 Å². The van der Waals surface area contributed by atoms with Gasteiger partial charge in [0, 0.05) is 19.6 Å². The highest BCUT2D eigenvalue weighted by atomic mass is 16.3. The van der Waals surface area contributed by atoms with Crippen LogP contribution in [0.4, 0.5) is 0 Å². The van der Waals surface area contributed by atoms with Gasteiger partial charge >= 0.3 is 0 Å². The summed E-state index contributed by atoms with van der Waals surface area (Å²) in [5.74, 6) is 0.0894. The number of hydrogen-bond donors (Lipinski definition) is 2. The Morgan fingerprint density at radius 2 is 2.29 bits per heavy atom. The summed E-state index contributed by atoms with van der Waals surface area (Å²) in [5.41, 5.74) is 0. The number of hydrogen-bond acceptors (Lipinski definition) is 3. The lowest BCUT2D eigenvalue weighted by atomic mass is 10.2. The average Bonchev–Trinajstić information content (AvgIpc) is 2.59. The van der Waals surface area contributed by atoms with Crippen LogP contribution in [-0.4, -0.2) is 48.2 Å². The van der Waals surface area contributed by atoms with Crippen molar-refractivity contribution in [3.8, 4) is 0 Å². The van der Waals surface area contributed by atoms with E-state index in [4.69, 9.17) is 0 Å². The molecule has 1 rings (SSSR count). The molecule has 0 heterocycles. The molecule has 0 aromatic rings. The monoisotopic (exact) mass is 200 g/mol. The van der Waals surface area contributed by atoms with Crippen molar-refractivity contribution in [2.75, 3.05) is 20.1 Å². The Labute approximate surface area is 85.3 Å². The minimum absolute atomic E-state index is 0.0894. The van der Waals surface area contributed by atoms with Crippen LogP contribution in [0.3, 0.4) is 0 Å². The van der Waals surface area contributed by atoms with Crippen LogP contribution < -0.4 is 5.32 Å². The Morgan fingerprint density at radius 3 is 2.79 bits per heavy atom. The maximum absolute atomic E-state index is 11.4. The molecule has 0 aromatic heterocycles. The number of nitrogens with one attached hydrogen (secondary N) is 1. The summed E-state index contributed by atoms with van der Waals surface area (Å²) >= 11 is 0. The highest BCUT2D eigenvalue weighted by Crippen LogP contribution is 2.18. The highest BCUT2D eigenvalue weighted by molar-refractivity contribution is 5.77. The van der Waals surface area contributed by atoms with Crippen molar-refractivity contribution in [2.24, 2.45) is 0 Å². The van der Waals surface area contributed by atoms with Gasteiger partial charge in [-0.3, -0.25) is 4.79 Å². The summed E-state index contributed by atoms with van der Waals surface area (Å²) in [7, 11) is 1.79. The van der Waals surface area contributed by atoms with E-state index in [0.29, 0.717) is 6.54 Å². The Bertz CT molecular complexity index is 197. The summed E-state index contributed by atoms with van der Waals surface area (Å²) < 4.78 is 0. The fraction of sp³-hybridized carbons (Fsp3) is 0.900. The van der Waals surface area contributed by atoms with Gasteiger partial charge in [0.2, 0.25) is 5.91 Å². The molecule has 0 aliphatic heterocycles. The predicted octanol–water partition coefficient (Wildman–Crippen LogP) is -0.0323. The molecule has 0 spiro atoms. The number of carbonyl (C=O) groups excluding carboxylic acids is 1. The van der Waals surface area contributed by atoms with Crippen molar-refractivity contribution in [1.29, 1.82) is 0 Å². The number of aliphatic hydroxyl groups excluding tert-OH is 1. The van der Waals surface area contributed by atoms with Gasteiger partial charge in [-0.15, -0.1) is 0 Å². The third kappa shape index (κ3) is 2.96. The lowest BCUT2D eigenvalue weighted by Gasteiger charge is -2.19. The van der Waals surface area contributed by atoms with Gasteiger partial charge in [-0.2, -0.15) is 0 Å². The predicted molar refractivity (Wildman–Crippen MR) is 55.0 cm³/mol. The Kier molecular flexibility index (Phi) is 4.35. The van der Waals surface area contributed by atoms with Gasteiger partial charge in [-0.05, 0) is 26.2 Å². The fourth-order valence-electron chi connectivity index (χ4n) is 1.71. The lowest BCUT2D eigenvalue weighted by molar-refractivity contribution is -0.128. The summed E-state index contributed by atoms with van der Waals surface area (Å²) in [5, 5.41) is 12.6. The van der Waals surface area contributed by atoms with Gasteiger partial charge in [-0.25, -0.2) is 0 Å². The highest BCUT2D eigenvalue weighted by Gasteiger charge is 2.25.